The molecule has 0 spiro atoms. The molecule has 0 aliphatic rings. The van der Waals surface area contributed by atoms with Crippen molar-refractivity contribution in [2.45, 2.75) is 33.1 Å². The SMILES string of the molecule is Cc1cc(NC(=O)CCNc2ccccc2C(C)C)ccc1Br. The Kier molecular flexibility index (Phi) is 6.22. The molecule has 0 aliphatic heterocycles. The van der Waals surface area contributed by atoms with Crippen molar-refractivity contribution >= 4 is 33.2 Å². The van der Waals surface area contributed by atoms with E-state index in [-0.39, 0.29) is 5.91 Å². The van der Waals surface area contributed by atoms with Crippen LogP contribution in [0.1, 0.15) is 37.3 Å². The fourth-order valence-corrected chi connectivity index (χ4v) is 2.66. The van der Waals surface area contributed by atoms with E-state index in [0.717, 1.165) is 21.4 Å². The standard InChI is InChI=1S/C19H23BrN2O/c1-13(2)16-6-4-5-7-18(16)21-11-10-19(23)22-15-8-9-17(20)14(3)12-15/h4-9,12-13,21H,10-11H2,1-3H3,(H,22,23). The molecule has 122 valence electrons. The Morgan fingerprint density at radius 1 is 1.17 bits per heavy atom. The normalized spacial score (nSPS) is 10.7. The van der Waals surface area contributed by atoms with Crippen LogP contribution in [0.5, 0.6) is 0 Å². The highest BCUT2D eigenvalue weighted by Gasteiger charge is 2.07. The highest BCUT2D eigenvalue weighted by molar-refractivity contribution is 9.10. The zero-order valence-electron chi connectivity index (χ0n) is 13.8. The molecular weight excluding hydrogens is 352 g/mol. The third kappa shape index (κ3) is 5.10. The summed E-state index contributed by atoms with van der Waals surface area (Å²) in [4.78, 5) is 12.1. The van der Waals surface area contributed by atoms with E-state index in [1.807, 2.05) is 37.3 Å². The van der Waals surface area contributed by atoms with Crippen LogP contribution in [-0.4, -0.2) is 12.5 Å². The van der Waals surface area contributed by atoms with Gasteiger partial charge in [0.1, 0.15) is 0 Å². The number of carbonyl (C=O) groups excluding carboxylic acids is 1. The predicted molar refractivity (Wildman–Crippen MR) is 101 cm³/mol. The van der Waals surface area contributed by atoms with Crippen molar-refractivity contribution in [2.24, 2.45) is 0 Å². The highest BCUT2D eigenvalue weighted by Crippen LogP contribution is 2.23. The topological polar surface area (TPSA) is 41.1 Å². The number of benzene rings is 2. The smallest absolute Gasteiger partial charge is 0.226 e. The van der Waals surface area contributed by atoms with Gasteiger partial charge in [-0.3, -0.25) is 4.79 Å². The molecule has 0 heterocycles. The summed E-state index contributed by atoms with van der Waals surface area (Å²) in [7, 11) is 0. The van der Waals surface area contributed by atoms with Crippen LogP contribution in [0.4, 0.5) is 11.4 Å². The number of amides is 1. The van der Waals surface area contributed by atoms with E-state index in [0.29, 0.717) is 18.9 Å². The van der Waals surface area contributed by atoms with Crippen molar-refractivity contribution in [1.29, 1.82) is 0 Å². The first-order valence-electron chi connectivity index (χ1n) is 7.86. The van der Waals surface area contributed by atoms with Crippen molar-refractivity contribution in [3.63, 3.8) is 0 Å². The molecule has 23 heavy (non-hydrogen) atoms. The molecule has 0 bridgehead atoms. The number of aryl methyl sites for hydroxylation is 1. The maximum Gasteiger partial charge on any atom is 0.226 e. The Morgan fingerprint density at radius 2 is 1.91 bits per heavy atom. The Hall–Kier alpha value is -1.81. The maximum atomic E-state index is 12.1. The molecule has 0 fully saturated rings. The monoisotopic (exact) mass is 374 g/mol. The summed E-state index contributed by atoms with van der Waals surface area (Å²) in [6, 6.07) is 14.0. The predicted octanol–water partition coefficient (Wildman–Crippen LogP) is 5.32. The van der Waals surface area contributed by atoms with Crippen LogP contribution >= 0.6 is 15.9 Å². The van der Waals surface area contributed by atoms with Crippen LogP contribution < -0.4 is 10.6 Å². The average Bonchev–Trinajstić information content (AvgIpc) is 2.51. The molecule has 2 aromatic carbocycles. The highest BCUT2D eigenvalue weighted by atomic mass is 79.9. The van der Waals surface area contributed by atoms with E-state index in [2.05, 4.69) is 52.5 Å². The minimum absolute atomic E-state index is 0.0150. The molecule has 4 heteroatoms. The van der Waals surface area contributed by atoms with E-state index in [1.165, 1.54) is 5.56 Å². The van der Waals surface area contributed by atoms with E-state index in [9.17, 15) is 4.79 Å². The van der Waals surface area contributed by atoms with Crippen molar-refractivity contribution in [3.05, 3.63) is 58.1 Å². The molecule has 1 amide bonds. The minimum atomic E-state index is 0.0150. The van der Waals surface area contributed by atoms with Crippen molar-refractivity contribution in [1.82, 2.24) is 0 Å². The van der Waals surface area contributed by atoms with Gasteiger partial charge in [0.2, 0.25) is 5.91 Å². The number of para-hydroxylation sites is 1. The van der Waals surface area contributed by atoms with E-state index < -0.39 is 0 Å². The van der Waals surface area contributed by atoms with Gasteiger partial charge >= 0.3 is 0 Å². The molecule has 3 nitrogen and oxygen atoms in total. The zero-order valence-corrected chi connectivity index (χ0v) is 15.4. The van der Waals surface area contributed by atoms with Crippen molar-refractivity contribution < 1.29 is 4.79 Å². The zero-order chi connectivity index (χ0) is 16.8. The molecular formula is C19H23BrN2O. The van der Waals surface area contributed by atoms with Crippen LogP contribution in [-0.2, 0) is 4.79 Å². The van der Waals surface area contributed by atoms with Crippen LogP contribution in [0, 0.1) is 6.92 Å². The van der Waals surface area contributed by atoms with Gasteiger partial charge in [0, 0.05) is 28.8 Å². The molecule has 0 atom stereocenters. The number of carbonyl (C=O) groups is 1. The first kappa shape index (κ1) is 17.5. The van der Waals surface area contributed by atoms with Crippen LogP contribution in [0.15, 0.2) is 46.9 Å². The Balaban J connectivity index is 1.86. The third-order valence-corrected chi connectivity index (χ3v) is 4.58. The lowest BCUT2D eigenvalue weighted by Gasteiger charge is -2.14. The van der Waals surface area contributed by atoms with Gasteiger partial charge in [0.15, 0.2) is 0 Å². The first-order chi connectivity index (χ1) is 11.0. The number of rotatable bonds is 6. The number of nitrogens with one attached hydrogen (secondary N) is 2. The quantitative estimate of drug-likeness (QED) is 0.717. The van der Waals surface area contributed by atoms with Crippen molar-refractivity contribution in [3.8, 4) is 0 Å². The molecule has 2 N–H and O–H groups in total. The van der Waals surface area contributed by atoms with Gasteiger partial charge in [0.25, 0.3) is 0 Å². The molecule has 0 unspecified atom stereocenters. The Morgan fingerprint density at radius 3 is 2.61 bits per heavy atom. The summed E-state index contributed by atoms with van der Waals surface area (Å²) in [5.41, 5.74) is 4.32. The fraction of sp³-hybridized carbons (Fsp3) is 0.316. The van der Waals surface area contributed by atoms with Gasteiger partial charge in [0.05, 0.1) is 0 Å². The van der Waals surface area contributed by atoms with E-state index in [4.69, 9.17) is 0 Å². The van der Waals surface area contributed by atoms with Crippen LogP contribution in [0.2, 0.25) is 0 Å². The fourth-order valence-electron chi connectivity index (χ4n) is 2.42. The van der Waals surface area contributed by atoms with Gasteiger partial charge in [-0.05, 0) is 48.2 Å². The second kappa shape index (κ2) is 8.16. The summed E-state index contributed by atoms with van der Waals surface area (Å²) >= 11 is 3.46. The molecule has 0 radical (unpaired) electrons. The molecule has 0 saturated carbocycles. The number of hydrogen-bond donors (Lipinski definition) is 2. The van der Waals surface area contributed by atoms with Gasteiger partial charge in [-0.2, -0.15) is 0 Å². The largest absolute Gasteiger partial charge is 0.384 e. The maximum absolute atomic E-state index is 12.1. The van der Waals surface area contributed by atoms with Crippen LogP contribution in [0.25, 0.3) is 0 Å². The minimum Gasteiger partial charge on any atom is -0.384 e. The Bertz CT molecular complexity index is 683. The van der Waals surface area contributed by atoms with E-state index >= 15 is 0 Å². The summed E-state index contributed by atoms with van der Waals surface area (Å²) in [5.74, 6) is 0.472. The number of hydrogen-bond acceptors (Lipinski definition) is 2. The molecule has 0 aliphatic carbocycles. The van der Waals surface area contributed by atoms with Gasteiger partial charge in [-0.1, -0.05) is 48.0 Å². The third-order valence-electron chi connectivity index (χ3n) is 3.69. The Labute approximate surface area is 146 Å². The molecule has 2 rings (SSSR count). The molecule has 0 aromatic heterocycles. The second-order valence-corrected chi connectivity index (χ2v) is 6.79. The molecule has 0 saturated heterocycles. The van der Waals surface area contributed by atoms with Gasteiger partial charge < -0.3 is 10.6 Å². The first-order valence-corrected chi connectivity index (χ1v) is 8.65. The van der Waals surface area contributed by atoms with E-state index in [1.54, 1.807) is 0 Å². The number of anilines is 2. The summed E-state index contributed by atoms with van der Waals surface area (Å²) in [6.45, 7) is 6.96. The number of halogens is 1. The van der Waals surface area contributed by atoms with Gasteiger partial charge in [-0.15, -0.1) is 0 Å². The lowest BCUT2D eigenvalue weighted by molar-refractivity contribution is -0.115. The van der Waals surface area contributed by atoms with Crippen LogP contribution in [0.3, 0.4) is 0 Å². The summed E-state index contributed by atoms with van der Waals surface area (Å²) < 4.78 is 1.04. The lowest BCUT2D eigenvalue weighted by Crippen LogP contribution is -2.16. The lowest BCUT2D eigenvalue weighted by atomic mass is 10.0. The average molecular weight is 375 g/mol. The second-order valence-electron chi connectivity index (χ2n) is 5.93. The van der Waals surface area contributed by atoms with Gasteiger partial charge in [-0.25, -0.2) is 0 Å². The molecule has 2 aromatic rings. The summed E-state index contributed by atoms with van der Waals surface area (Å²) in [6.07, 6.45) is 0.432. The van der Waals surface area contributed by atoms with Crippen molar-refractivity contribution in [2.75, 3.05) is 17.2 Å². The summed E-state index contributed by atoms with van der Waals surface area (Å²) in [5, 5.41) is 6.30.